The Kier molecular flexibility index (Phi) is 6.12. The van der Waals surface area contributed by atoms with E-state index < -0.39 is 12.5 Å². The van der Waals surface area contributed by atoms with Crippen LogP contribution in [0.3, 0.4) is 0 Å². The number of carbonyl (C=O) groups is 1. The molecule has 2 heterocycles. The van der Waals surface area contributed by atoms with Gasteiger partial charge in [0.15, 0.2) is 0 Å². The first-order valence-corrected chi connectivity index (χ1v) is 8.80. The molecule has 0 aliphatic heterocycles. The molecule has 0 fully saturated rings. The molecule has 0 spiro atoms. The molecule has 3 rings (SSSR count). The maximum atomic E-state index is 12.8. The van der Waals surface area contributed by atoms with Gasteiger partial charge >= 0.3 is 6.55 Å². The van der Waals surface area contributed by atoms with Crippen LogP contribution in [0.4, 0.5) is 8.78 Å². The van der Waals surface area contributed by atoms with Crippen molar-refractivity contribution in [3.8, 4) is 11.6 Å². The van der Waals surface area contributed by atoms with Gasteiger partial charge in [-0.15, -0.1) is 0 Å². The highest BCUT2D eigenvalue weighted by Gasteiger charge is 2.15. The van der Waals surface area contributed by atoms with Gasteiger partial charge < -0.3 is 10.1 Å². The Hall–Kier alpha value is -2.81. The molecule has 0 saturated heterocycles. The number of imidazole rings is 1. The Morgan fingerprint density at radius 1 is 1.19 bits per heavy atom. The minimum absolute atomic E-state index is 0.148. The van der Waals surface area contributed by atoms with Crippen LogP contribution < -0.4 is 10.1 Å². The summed E-state index contributed by atoms with van der Waals surface area (Å²) in [7, 11) is 0. The van der Waals surface area contributed by atoms with Gasteiger partial charge in [-0.2, -0.15) is 8.78 Å². The highest BCUT2D eigenvalue weighted by atomic mass is 79.9. The van der Waals surface area contributed by atoms with E-state index in [-0.39, 0.29) is 30.2 Å². The number of rotatable bonds is 7. The van der Waals surface area contributed by atoms with Crippen LogP contribution in [-0.4, -0.2) is 27.0 Å². The fourth-order valence-corrected chi connectivity index (χ4v) is 2.62. The Labute approximate surface area is 162 Å². The average molecular weight is 437 g/mol. The Morgan fingerprint density at radius 2 is 1.96 bits per heavy atom. The summed E-state index contributed by atoms with van der Waals surface area (Å²) in [5.74, 6) is 0.476. The number of carbonyl (C=O) groups excluding carboxylic acids is 1. The van der Waals surface area contributed by atoms with E-state index in [0.29, 0.717) is 5.75 Å². The van der Waals surface area contributed by atoms with E-state index in [1.54, 1.807) is 24.3 Å². The molecule has 6 nitrogen and oxygen atoms in total. The van der Waals surface area contributed by atoms with Gasteiger partial charge in [-0.05, 0) is 36.4 Å². The Balaban J connectivity index is 1.64. The standard InChI is InChI=1S/C18H15BrF2N4O2/c19-12-3-5-13(6-4-12)27-17-14(2-1-8-24-17)16(26)23-9-7-15-22-10-11-25(15)18(20)21/h1-6,8,10-11,18H,7,9H2,(H,23,26). The zero-order valence-electron chi connectivity index (χ0n) is 14.0. The van der Waals surface area contributed by atoms with Gasteiger partial charge in [-0.1, -0.05) is 15.9 Å². The van der Waals surface area contributed by atoms with Crippen molar-refractivity contribution in [1.82, 2.24) is 19.9 Å². The van der Waals surface area contributed by atoms with Crippen LogP contribution >= 0.6 is 15.9 Å². The predicted octanol–water partition coefficient (Wildman–Crippen LogP) is 4.20. The van der Waals surface area contributed by atoms with Crippen molar-refractivity contribution < 1.29 is 18.3 Å². The molecule has 27 heavy (non-hydrogen) atoms. The topological polar surface area (TPSA) is 69.0 Å². The Morgan fingerprint density at radius 3 is 2.70 bits per heavy atom. The summed E-state index contributed by atoms with van der Waals surface area (Å²) >= 11 is 3.34. The van der Waals surface area contributed by atoms with Crippen LogP contribution in [0.2, 0.25) is 0 Å². The first-order chi connectivity index (χ1) is 13.0. The van der Waals surface area contributed by atoms with Gasteiger partial charge in [-0.25, -0.2) is 9.97 Å². The second-order valence-corrected chi connectivity index (χ2v) is 6.36. The molecule has 2 aromatic heterocycles. The van der Waals surface area contributed by atoms with Crippen LogP contribution in [0.15, 0.2) is 59.5 Å². The molecule has 0 atom stereocenters. The van der Waals surface area contributed by atoms with Gasteiger partial charge in [0.05, 0.1) is 0 Å². The summed E-state index contributed by atoms with van der Waals surface area (Å²) in [6.07, 6.45) is 4.19. The summed E-state index contributed by atoms with van der Waals surface area (Å²) in [5.41, 5.74) is 0.248. The number of hydrogen-bond acceptors (Lipinski definition) is 4. The monoisotopic (exact) mass is 436 g/mol. The number of nitrogens with zero attached hydrogens (tertiary/aromatic N) is 3. The summed E-state index contributed by atoms with van der Waals surface area (Å²) in [5, 5.41) is 2.67. The lowest BCUT2D eigenvalue weighted by Gasteiger charge is -2.11. The number of aromatic nitrogens is 3. The Bertz CT molecular complexity index is 916. The molecule has 1 amide bonds. The summed E-state index contributed by atoms with van der Waals surface area (Å²) in [4.78, 5) is 20.4. The van der Waals surface area contributed by atoms with E-state index in [2.05, 4.69) is 31.2 Å². The van der Waals surface area contributed by atoms with Crippen molar-refractivity contribution in [1.29, 1.82) is 0 Å². The van der Waals surface area contributed by atoms with Crippen LogP contribution in [0.25, 0.3) is 0 Å². The molecule has 0 aliphatic rings. The summed E-state index contributed by atoms with van der Waals surface area (Å²) in [6, 6.07) is 10.3. The molecule has 0 bridgehead atoms. The van der Waals surface area contributed by atoms with Gasteiger partial charge in [0, 0.05) is 36.0 Å². The molecular formula is C18H15BrF2N4O2. The maximum absolute atomic E-state index is 12.8. The highest BCUT2D eigenvalue weighted by molar-refractivity contribution is 9.10. The lowest BCUT2D eigenvalue weighted by molar-refractivity contribution is 0.0670. The molecule has 0 saturated carbocycles. The van der Waals surface area contributed by atoms with Crippen molar-refractivity contribution in [2.45, 2.75) is 13.0 Å². The number of benzene rings is 1. The summed E-state index contributed by atoms with van der Waals surface area (Å²) < 4.78 is 33.0. The largest absolute Gasteiger partial charge is 0.438 e. The number of amides is 1. The zero-order chi connectivity index (χ0) is 19.2. The van der Waals surface area contributed by atoms with E-state index >= 15 is 0 Å². The van der Waals surface area contributed by atoms with Crippen molar-refractivity contribution in [2.24, 2.45) is 0 Å². The third-order valence-electron chi connectivity index (χ3n) is 3.64. The molecule has 3 aromatic rings. The second kappa shape index (κ2) is 8.72. The van der Waals surface area contributed by atoms with Crippen LogP contribution in [0.5, 0.6) is 11.6 Å². The van der Waals surface area contributed by atoms with E-state index in [4.69, 9.17) is 4.74 Å². The van der Waals surface area contributed by atoms with Crippen molar-refractivity contribution in [3.63, 3.8) is 0 Å². The molecule has 9 heteroatoms. The number of halogens is 3. The fraction of sp³-hybridized carbons (Fsp3) is 0.167. The minimum Gasteiger partial charge on any atom is -0.438 e. The summed E-state index contributed by atoms with van der Waals surface area (Å²) in [6.45, 7) is -2.52. The first-order valence-electron chi connectivity index (χ1n) is 8.01. The number of nitrogens with one attached hydrogen (secondary N) is 1. The van der Waals surface area contributed by atoms with E-state index in [9.17, 15) is 13.6 Å². The van der Waals surface area contributed by atoms with Gasteiger partial charge in [0.2, 0.25) is 5.88 Å². The van der Waals surface area contributed by atoms with Gasteiger partial charge in [0.1, 0.15) is 17.1 Å². The van der Waals surface area contributed by atoms with E-state index in [1.807, 2.05) is 12.1 Å². The molecular weight excluding hydrogens is 422 g/mol. The highest BCUT2D eigenvalue weighted by Crippen LogP contribution is 2.24. The van der Waals surface area contributed by atoms with E-state index in [1.165, 1.54) is 18.6 Å². The van der Waals surface area contributed by atoms with E-state index in [0.717, 1.165) is 9.04 Å². The normalized spacial score (nSPS) is 10.8. The SMILES string of the molecule is O=C(NCCc1nccn1C(F)F)c1cccnc1Oc1ccc(Br)cc1. The van der Waals surface area contributed by atoms with Crippen LogP contribution in [0, 0.1) is 0 Å². The van der Waals surface area contributed by atoms with Crippen LogP contribution in [0.1, 0.15) is 22.7 Å². The lowest BCUT2D eigenvalue weighted by Crippen LogP contribution is -2.27. The molecule has 0 unspecified atom stereocenters. The van der Waals surface area contributed by atoms with Gasteiger partial charge in [0.25, 0.3) is 5.91 Å². The minimum atomic E-state index is -2.66. The predicted molar refractivity (Wildman–Crippen MR) is 98.0 cm³/mol. The zero-order valence-corrected chi connectivity index (χ0v) is 15.6. The van der Waals surface area contributed by atoms with Crippen molar-refractivity contribution in [2.75, 3.05) is 6.54 Å². The molecule has 0 radical (unpaired) electrons. The van der Waals surface area contributed by atoms with Gasteiger partial charge in [-0.3, -0.25) is 9.36 Å². The number of alkyl halides is 2. The molecule has 0 aliphatic carbocycles. The number of pyridine rings is 1. The number of hydrogen-bond donors (Lipinski definition) is 1. The van der Waals surface area contributed by atoms with Crippen molar-refractivity contribution >= 4 is 21.8 Å². The molecule has 1 aromatic carbocycles. The first kappa shape index (κ1) is 19.0. The third kappa shape index (κ3) is 4.88. The van der Waals surface area contributed by atoms with Crippen LogP contribution in [-0.2, 0) is 6.42 Å². The second-order valence-electron chi connectivity index (χ2n) is 5.45. The molecule has 1 N–H and O–H groups in total. The molecule has 140 valence electrons. The lowest BCUT2D eigenvalue weighted by atomic mass is 10.2. The smallest absolute Gasteiger partial charge is 0.319 e. The number of ether oxygens (including phenoxy) is 1. The maximum Gasteiger partial charge on any atom is 0.319 e. The quantitative estimate of drug-likeness (QED) is 0.602. The third-order valence-corrected chi connectivity index (χ3v) is 4.17. The van der Waals surface area contributed by atoms with Crippen molar-refractivity contribution in [3.05, 3.63) is 70.8 Å². The average Bonchev–Trinajstić information content (AvgIpc) is 3.13. The fourth-order valence-electron chi connectivity index (χ4n) is 2.36.